The van der Waals surface area contributed by atoms with Crippen molar-refractivity contribution in [2.45, 2.75) is 31.1 Å². The van der Waals surface area contributed by atoms with Crippen molar-refractivity contribution in [1.82, 2.24) is 15.2 Å². The SMILES string of the molecule is CN(C)C(=O)[C@H]1CC[C@H](NC(=O)C(=O)Nc2ccc(Cl)cn2)[C@H](BOC=N)C1. The summed E-state index contributed by atoms with van der Waals surface area (Å²) in [6, 6.07) is 2.71. The van der Waals surface area contributed by atoms with Gasteiger partial charge in [0.05, 0.1) is 5.02 Å². The quantitative estimate of drug-likeness (QED) is 0.278. The molecule has 0 aliphatic heterocycles. The van der Waals surface area contributed by atoms with E-state index in [4.69, 9.17) is 21.7 Å². The van der Waals surface area contributed by atoms with Gasteiger partial charge in [0.25, 0.3) is 0 Å². The van der Waals surface area contributed by atoms with Gasteiger partial charge in [-0.1, -0.05) is 11.6 Å². The first kappa shape index (κ1) is 21.7. The number of nitrogens with one attached hydrogen (secondary N) is 3. The molecular formula is C17H23BClN5O4. The zero-order valence-electron chi connectivity index (χ0n) is 15.8. The number of anilines is 1. The van der Waals surface area contributed by atoms with Gasteiger partial charge in [-0.05, 0) is 37.2 Å². The van der Waals surface area contributed by atoms with E-state index >= 15 is 0 Å². The fraction of sp³-hybridized carbons (Fsp3) is 0.471. The average molecular weight is 408 g/mol. The average Bonchev–Trinajstić information content (AvgIpc) is 2.68. The number of rotatable bonds is 6. The summed E-state index contributed by atoms with van der Waals surface area (Å²) < 4.78 is 5.08. The van der Waals surface area contributed by atoms with Crippen molar-refractivity contribution in [2.75, 3.05) is 19.4 Å². The van der Waals surface area contributed by atoms with Crippen LogP contribution in [0, 0.1) is 11.3 Å². The van der Waals surface area contributed by atoms with E-state index in [-0.39, 0.29) is 37.0 Å². The molecule has 1 saturated carbocycles. The van der Waals surface area contributed by atoms with Gasteiger partial charge in [0.15, 0.2) is 0 Å². The molecule has 0 spiro atoms. The Kier molecular flexibility index (Phi) is 7.80. The molecule has 0 aromatic carbocycles. The van der Waals surface area contributed by atoms with Crippen molar-refractivity contribution in [3.63, 3.8) is 0 Å². The molecule has 11 heteroatoms. The zero-order chi connectivity index (χ0) is 20.7. The molecule has 1 fully saturated rings. The van der Waals surface area contributed by atoms with Gasteiger partial charge in [-0.25, -0.2) is 4.98 Å². The molecule has 3 N–H and O–H groups in total. The molecular weight excluding hydrogens is 384 g/mol. The Hall–Kier alpha value is -2.62. The summed E-state index contributed by atoms with van der Waals surface area (Å²) in [6.07, 6.45) is 3.84. The molecule has 3 atom stereocenters. The lowest BCUT2D eigenvalue weighted by Crippen LogP contribution is -2.48. The van der Waals surface area contributed by atoms with Crippen LogP contribution in [0.2, 0.25) is 10.8 Å². The van der Waals surface area contributed by atoms with Gasteiger partial charge < -0.3 is 20.2 Å². The van der Waals surface area contributed by atoms with Crippen molar-refractivity contribution < 1.29 is 19.0 Å². The molecule has 0 radical (unpaired) electrons. The summed E-state index contributed by atoms with van der Waals surface area (Å²) >= 11 is 5.74. The topological polar surface area (TPSA) is 124 Å². The molecule has 0 saturated heterocycles. The first-order valence-electron chi connectivity index (χ1n) is 8.87. The summed E-state index contributed by atoms with van der Waals surface area (Å²) in [5.74, 6) is -1.75. The van der Waals surface area contributed by atoms with Crippen molar-refractivity contribution in [3.8, 4) is 0 Å². The van der Waals surface area contributed by atoms with Crippen LogP contribution in [0.15, 0.2) is 18.3 Å². The van der Waals surface area contributed by atoms with Gasteiger partial charge in [0.2, 0.25) is 5.91 Å². The van der Waals surface area contributed by atoms with E-state index in [1.165, 1.54) is 12.3 Å². The van der Waals surface area contributed by atoms with Crippen LogP contribution in [0.4, 0.5) is 5.82 Å². The standard InChI is InChI=1S/C17H23BClN5O4/c1-24(2)17(27)10-3-5-13(12(7-10)18-28-9-20)22-15(25)16(26)23-14-6-4-11(19)8-21-14/h4,6,8-10,12-13,18,20H,3,5,7H2,1-2H3,(H,22,25)(H,21,23,26)/t10-,12+,13-/m0/s1. The number of aromatic nitrogens is 1. The van der Waals surface area contributed by atoms with Crippen LogP contribution < -0.4 is 10.6 Å². The molecule has 1 aromatic rings. The van der Waals surface area contributed by atoms with E-state index in [1.54, 1.807) is 25.1 Å². The van der Waals surface area contributed by atoms with Gasteiger partial charge in [-0.2, -0.15) is 0 Å². The maximum absolute atomic E-state index is 12.3. The van der Waals surface area contributed by atoms with E-state index in [1.807, 2.05) is 0 Å². The van der Waals surface area contributed by atoms with Crippen LogP contribution in [0.3, 0.4) is 0 Å². The molecule has 0 unspecified atom stereocenters. The number of amides is 3. The molecule has 150 valence electrons. The normalized spacial score (nSPS) is 21.2. The van der Waals surface area contributed by atoms with Crippen molar-refractivity contribution in [3.05, 3.63) is 23.4 Å². The fourth-order valence-electron chi connectivity index (χ4n) is 3.26. The molecule has 1 aliphatic carbocycles. The molecule has 1 heterocycles. The Morgan fingerprint density at radius 1 is 1.32 bits per heavy atom. The largest absolute Gasteiger partial charge is 0.557 e. The molecule has 0 bridgehead atoms. The number of pyridine rings is 1. The van der Waals surface area contributed by atoms with Crippen LogP contribution in [0.1, 0.15) is 19.3 Å². The highest BCUT2D eigenvalue weighted by Gasteiger charge is 2.37. The molecule has 28 heavy (non-hydrogen) atoms. The number of carbonyl (C=O) groups excluding carboxylic acids is 3. The maximum Gasteiger partial charge on any atom is 0.346 e. The Balaban J connectivity index is 1.98. The highest BCUT2D eigenvalue weighted by molar-refractivity contribution is 6.40. The highest BCUT2D eigenvalue weighted by atomic mass is 35.5. The lowest BCUT2D eigenvalue weighted by molar-refractivity contribution is -0.137. The minimum absolute atomic E-state index is 0.0242. The third-order valence-electron chi connectivity index (χ3n) is 4.66. The molecule has 1 aliphatic rings. The van der Waals surface area contributed by atoms with Crippen LogP contribution in [-0.2, 0) is 19.0 Å². The lowest BCUT2D eigenvalue weighted by Gasteiger charge is -2.35. The number of carbonyl (C=O) groups is 3. The number of nitrogens with zero attached hydrogens (tertiary/aromatic N) is 2. The van der Waals surface area contributed by atoms with Crippen LogP contribution >= 0.6 is 11.6 Å². The Morgan fingerprint density at radius 3 is 2.68 bits per heavy atom. The summed E-state index contributed by atoms with van der Waals surface area (Å²) in [4.78, 5) is 42.1. The predicted octanol–water partition coefficient (Wildman–Crippen LogP) is 0.810. The summed E-state index contributed by atoms with van der Waals surface area (Å²) in [7, 11) is 3.59. The van der Waals surface area contributed by atoms with Crippen molar-refractivity contribution in [2.24, 2.45) is 5.92 Å². The third-order valence-corrected chi connectivity index (χ3v) is 4.88. The molecule has 2 rings (SSSR count). The fourth-order valence-corrected chi connectivity index (χ4v) is 3.37. The van der Waals surface area contributed by atoms with E-state index in [0.717, 1.165) is 6.40 Å². The van der Waals surface area contributed by atoms with Crippen LogP contribution in [0.25, 0.3) is 0 Å². The van der Waals surface area contributed by atoms with Gasteiger partial charge >= 0.3 is 19.3 Å². The van der Waals surface area contributed by atoms with E-state index in [9.17, 15) is 14.4 Å². The summed E-state index contributed by atoms with van der Waals surface area (Å²) in [5, 5.41) is 12.6. The number of halogens is 1. The first-order chi connectivity index (χ1) is 13.3. The highest BCUT2D eigenvalue weighted by Crippen LogP contribution is 2.34. The second-order valence-corrected chi connectivity index (χ2v) is 7.29. The predicted molar refractivity (Wildman–Crippen MR) is 107 cm³/mol. The summed E-state index contributed by atoms with van der Waals surface area (Å²) in [6.45, 7) is 0. The zero-order valence-corrected chi connectivity index (χ0v) is 16.5. The van der Waals surface area contributed by atoms with Gasteiger partial charge in [-0.3, -0.25) is 19.8 Å². The van der Waals surface area contributed by atoms with E-state index in [2.05, 4.69) is 15.6 Å². The number of hydrogen-bond donors (Lipinski definition) is 3. The smallest absolute Gasteiger partial charge is 0.346 e. The lowest BCUT2D eigenvalue weighted by atomic mass is 9.64. The van der Waals surface area contributed by atoms with Crippen LogP contribution in [0.5, 0.6) is 0 Å². The maximum atomic E-state index is 12.3. The third kappa shape index (κ3) is 5.95. The van der Waals surface area contributed by atoms with E-state index in [0.29, 0.717) is 24.3 Å². The van der Waals surface area contributed by atoms with Gasteiger partial charge in [0, 0.05) is 32.3 Å². The second-order valence-electron chi connectivity index (χ2n) is 6.85. The number of hydrogen-bond acceptors (Lipinski definition) is 6. The first-order valence-corrected chi connectivity index (χ1v) is 9.24. The van der Waals surface area contributed by atoms with Gasteiger partial charge in [-0.15, -0.1) is 0 Å². The Bertz CT molecular complexity index is 731. The second kappa shape index (κ2) is 10.1. The van der Waals surface area contributed by atoms with Crippen molar-refractivity contribution >= 4 is 49.0 Å². The summed E-state index contributed by atoms with van der Waals surface area (Å²) in [5.41, 5.74) is 0. The minimum Gasteiger partial charge on any atom is -0.557 e. The van der Waals surface area contributed by atoms with Crippen LogP contribution in [-0.4, -0.2) is 61.6 Å². The van der Waals surface area contributed by atoms with Crippen molar-refractivity contribution in [1.29, 1.82) is 5.41 Å². The Labute approximate surface area is 168 Å². The monoisotopic (exact) mass is 407 g/mol. The van der Waals surface area contributed by atoms with Gasteiger partial charge in [0.1, 0.15) is 12.2 Å². The van der Waals surface area contributed by atoms with E-state index < -0.39 is 11.8 Å². The Morgan fingerprint density at radius 2 is 2.07 bits per heavy atom. The minimum atomic E-state index is -0.840. The molecule has 3 amide bonds. The molecule has 9 nitrogen and oxygen atoms in total. The molecule has 1 aromatic heterocycles.